The van der Waals surface area contributed by atoms with E-state index in [0.29, 0.717) is 26.0 Å². The van der Waals surface area contributed by atoms with Crippen LogP contribution in [0.4, 0.5) is 0 Å². The molecule has 0 saturated heterocycles. The summed E-state index contributed by atoms with van der Waals surface area (Å²) in [5, 5.41) is 2.80. The van der Waals surface area contributed by atoms with E-state index in [-0.39, 0.29) is 17.3 Å². The number of amides is 1. The molecule has 4 nitrogen and oxygen atoms in total. The lowest BCUT2D eigenvalue weighted by atomic mass is 9.76. The standard InChI is InChI=1S/C16H31NO3/c1-7-9-13(18)17-10-8-11-20-14(19)16(5,6)12-15(2,3)4/h7-12H2,1-6H3,(H,17,18). The van der Waals surface area contributed by atoms with Crippen molar-refractivity contribution in [1.29, 1.82) is 0 Å². The molecule has 4 heteroatoms. The molecule has 0 heterocycles. The topological polar surface area (TPSA) is 55.4 Å². The maximum absolute atomic E-state index is 12.0. The van der Waals surface area contributed by atoms with Gasteiger partial charge in [0, 0.05) is 13.0 Å². The van der Waals surface area contributed by atoms with Crippen LogP contribution in [-0.2, 0) is 14.3 Å². The van der Waals surface area contributed by atoms with E-state index < -0.39 is 5.41 Å². The fraction of sp³-hybridized carbons (Fsp3) is 0.875. The number of rotatable bonds is 8. The van der Waals surface area contributed by atoms with Gasteiger partial charge in [-0.15, -0.1) is 0 Å². The Balaban J connectivity index is 3.91. The third-order valence-electron chi connectivity index (χ3n) is 2.88. The second kappa shape index (κ2) is 8.28. The third-order valence-corrected chi connectivity index (χ3v) is 2.88. The van der Waals surface area contributed by atoms with Crippen molar-refractivity contribution in [2.24, 2.45) is 10.8 Å². The van der Waals surface area contributed by atoms with Crippen molar-refractivity contribution < 1.29 is 14.3 Å². The lowest BCUT2D eigenvalue weighted by molar-refractivity contribution is -0.155. The zero-order valence-corrected chi connectivity index (χ0v) is 14.0. The Kier molecular flexibility index (Phi) is 7.84. The van der Waals surface area contributed by atoms with Crippen molar-refractivity contribution in [3.05, 3.63) is 0 Å². The maximum Gasteiger partial charge on any atom is 0.311 e. The van der Waals surface area contributed by atoms with E-state index in [1.54, 1.807) is 0 Å². The van der Waals surface area contributed by atoms with Gasteiger partial charge in [0.15, 0.2) is 0 Å². The molecule has 0 aromatic rings. The predicted octanol–water partition coefficient (Wildman–Crippen LogP) is 3.30. The molecule has 0 aliphatic rings. The Morgan fingerprint density at radius 1 is 1.10 bits per heavy atom. The summed E-state index contributed by atoms with van der Waals surface area (Å²) in [6, 6.07) is 0. The molecule has 1 N–H and O–H groups in total. The molecular formula is C16H31NO3. The molecule has 20 heavy (non-hydrogen) atoms. The lowest BCUT2D eigenvalue weighted by Crippen LogP contribution is -2.32. The summed E-state index contributed by atoms with van der Waals surface area (Å²) in [7, 11) is 0. The summed E-state index contributed by atoms with van der Waals surface area (Å²) in [5.74, 6) is -0.0980. The second-order valence-electron chi connectivity index (χ2n) is 7.21. The van der Waals surface area contributed by atoms with Crippen LogP contribution in [-0.4, -0.2) is 25.0 Å². The molecule has 0 aromatic carbocycles. The van der Waals surface area contributed by atoms with Crippen molar-refractivity contribution in [2.45, 2.75) is 67.2 Å². The van der Waals surface area contributed by atoms with Crippen molar-refractivity contribution in [1.82, 2.24) is 5.32 Å². The number of hydrogen-bond acceptors (Lipinski definition) is 3. The van der Waals surface area contributed by atoms with Crippen LogP contribution in [0.2, 0.25) is 0 Å². The quantitative estimate of drug-likeness (QED) is 0.550. The fourth-order valence-electron chi connectivity index (χ4n) is 2.37. The Bertz CT molecular complexity index is 316. The highest BCUT2D eigenvalue weighted by atomic mass is 16.5. The van der Waals surface area contributed by atoms with Gasteiger partial charge in [0.2, 0.25) is 5.91 Å². The summed E-state index contributed by atoms with van der Waals surface area (Å²) >= 11 is 0. The van der Waals surface area contributed by atoms with E-state index in [1.165, 1.54) is 0 Å². The molecular weight excluding hydrogens is 254 g/mol. The Hall–Kier alpha value is -1.06. The van der Waals surface area contributed by atoms with Gasteiger partial charge >= 0.3 is 5.97 Å². The molecule has 0 atom stereocenters. The van der Waals surface area contributed by atoms with Gasteiger partial charge < -0.3 is 10.1 Å². The minimum absolute atomic E-state index is 0.0619. The fourth-order valence-corrected chi connectivity index (χ4v) is 2.37. The molecule has 0 rings (SSSR count). The first-order valence-corrected chi connectivity index (χ1v) is 7.52. The van der Waals surface area contributed by atoms with Gasteiger partial charge in [0.25, 0.3) is 0 Å². The van der Waals surface area contributed by atoms with Crippen LogP contribution >= 0.6 is 0 Å². The monoisotopic (exact) mass is 285 g/mol. The Morgan fingerprint density at radius 2 is 1.70 bits per heavy atom. The van der Waals surface area contributed by atoms with E-state index in [0.717, 1.165) is 12.8 Å². The molecule has 0 aliphatic carbocycles. The number of carbonyl (C=O) groups excluding carboxylic acids is 2. The molecule has 0 aliphatic heterocycles. The number of nitrogens with one attached hydrogen (secondary N) is 1. The van der Waals surface area contributed by atoms with Crippen molar-refractivity contribution in [3.8, 4) is 0 Å². The zero-order valence-electron chi connectivity index (χ0n) is 14.0. The van der Waals surface area contributed by atoms with Crippen molar-refractivity contribution in [2.75, 3.05) is 13.2 Å². The van der Waals surface area contributed by atoms with E-state index in [1.807, 2.05) is 20.8 Å². The van der Waals surface area contributed by atoms with Gasteiger partial charge in [-0.2, -0.15) is 0 Å². The zero-order chi connectivity index (χ0) is 15.8. The SMILES string of the molecule is CCCC(=O)NCCCOC(=O)C(C)(C)CC(C)(C)C. The third kappa shape index (κ3) is 8.94. The summed E-state index contributed by atoms with van der Waals surface area (Å²) in [4.78, 5) is 23.3. The molecule has 0 bridgehead atoms. The highest BCUT2D eigenvalue weighted by molar-refractivity contribution is 5.76. The maximum atomic E-state index is 12.0. The van der Waals surface area contributed by atoms with Gasteiger partial charge in [0.05, 0.1) is 12.0 Å². The minimum Gasteiger partial charge on any atom is -0.465 e. The predicted molar refractivity (Wildman–Crippen MR) is 81.3 cm³/mol. The summed E-state index contributed by atoms with van der Waals surface area (Å²) in [6.45, 7) is 13.1. The summed E-state index contributed by atoms with van der Waals surface area (Å²) < 4.78 is 5.30. The number of carbonyl (C=O) groups is 2. The number of ether oxygens (including phenoxy) is 1. The summed E-state index contributed by atoms with van der Waals surface area (Å²) in [6.07, 6.45) is 2.85. The highest BCUT2D eigenvalue weighted by Gasteiger charge is 2.33. The van der Waals surface area contributed by atoms with E-state index in [4.69, 9.17) is 4.74 Å². The Morgan fingerprint density at radius 3 is 2.20 bits per heavy atom. The average molecular weight is 285 g/mol. The van der Waals surface area contributed by atoms with E-state index in [2.05, 4.69) is 26.1 Å². The molecule has 0 spiro atoms. The molecule has 118 valence electrons. The number of hydrogen-bond donors (Lipinski definition) is 1. The van der Waals surface area contributed by atoms with E-state index in [9.17, 15) is 9.59 Å². The van der Waals surface area contributed by atoms with Gasteiger partial charge in [-0.3, -0.25) is 9.59 Å². The molecule has 0 aromatic heterocycles. The van der Waals surface area contributed by atoms with Crippen molar-refractivity contribution in [3.63, 3.8) is 0 Å². The summed E-state index contributed by atoms with van der Waals surface area (Å²) in [5.41, 5.74) is -0.375. The minimum atomic E-state index is -0.469. The van der Waals surface area contributed by atoms with Crippen LogP contribution in [0.25, 0.3) is 0 Å². The second-order valence-corrected chi connectivity index (χ2v) is 7.21. The van der Waals surface area contributed by atoms with Crippen LogP contribution in [0, 0.1) is 10.8 Å². The number of esters is 1. The van der Waals surface area contributed by atoms with Crippen LogP contribution in [0.5, 0.6) is 0 Å². The van der Waals surface area contributed by atoms with Gasteiger partial charge in [-0.05, 0) is 38.5 Å². The lowest BCUT2D eigenvalue weighted by Gasteiger charge is -2.30. The van der Waals surface area contributed by atoms with E-state index >= 15 is 0 Å². The van der Waals surface area contributed by atoms with Gasteiger partial charge in [0.1, 0.15) is 0 Å². The Labute approximate surface area is 123 Å². The largest absolute Gasteiger partial charge is 0.465 e. The highest BCUT2D eigenvalue weighted by Crippen LogP contribution is 2.34. The van der Waals surface area contributed by atoms with Gasteiger partial charge in [-0.1, -0.05) is 27.7 Å². The smallest absolute Gasteiger partial charge is 0.311 e. The molecule has 1 amide bonds. The first-order valence-electron chi connectivity index (χ1n) is 7.52. The molecule has 0 fully saturated rings. The van der Waals surface area contributed by atoms with Crippen LogP contribution in [0.3, 0.4) is 0 Å². The first-order chi connectivity index (χ1) is 9.08. The molecule has 0 unspecified atom stereocenters. The van der Waals surface area contributed by atoms with Gasteiger partial charge in [-0.25, -0.2) is 0 Å². The average Bonchev–Trinajstić information content (AvgIpc) is 2.25. The van der Waals surface area contributed by atoms with Crippen LogP contribution in [0.15, 0.2) is 0 Å². The van der Waals surface area contributed by atoms with Crippen molar-refractivity contribution >= 4 is 11.9 Å². The normalized spacial score (nSPS) is 12.1. The molecule has 0 radical (unpaired) electrons. The van der Waals surface area contributed by atoms with Crippen LogP contribution in [0.1, 0.15) is 67.2 Å². The molecule has 0 saturated carbocycles. The first kappa shape index (κ1) is 18.9. The van der Waals surface area contributed by atoms with Crippen LogP contribution < -0.4 is 5.32 Å².